The Morgan fingerprint density at radius 3 is 2.56 bits per heavy atom. The second-order valence-corrected chi connectivity index (χ2v) is 8.89. The maximum atomic E-state index is 11.8. The third-order valence-corrected chi connectivity index (χ3v) is 6.80. The SMILES string of the molecule is Nc1cc(N2CCC(O)CC2)nc(-c2ccc3c(c2)ncn3C2CCCCC2)c1[N+](=O)[O-]. The van der Waals surface area contributed by atoms with Crippen LogP contribution in [0.5, 0.6) is 0 Å². The summed E-state index contributed by atoms with van der Waals surface area (Å²) < 4.78 is 2.24. The quantitative estimate of drug-likeness (QED) is 0.467. The van der Waals surface area contributed by atoms with Crippen LogP contribution < -0.4 is 10.6 Å². The summed E-state index contributed by atoms with van der Waals surface area (Å²) in [6, 6.07) is 7.75. The smallest absolute Gasteiger partial charge is 0.318 e. The maximum absolute atomic E-state index is 11.8. The summed E-state index contributed by atoms with van der Waals surface area (Å²) >= 11 is 0. The molecule has 1 aliphatic heterocycles. The first-order chi connectivity index (χ1) is 15.5. The summed E-state index contributed by atoms with van der Waals surface area (Å²) in [6.07, 6.45) is 8.91. The molecule has 0 atom stereocenters. The van der Waals surface area contributed by atoms with Crippen LogP contribution in [0.1, 0.15) is 51.0 Å². The number of pyridine rings is 1. The first-order valence-electron chi connectivity index (χ1n) is 11.4. The van der Waals surface area contributed by atoms with Gasteiger partial charge in [-0.25, -0.2) is 9.97 Å². The van der Waals surface area contributed by atoms with Gasteiger partial charge in [-0.3, -0.25) is 10.1 Å². The van der Waals surface area contributed by atoms with E-state index >= 15 is 0 Å². The molecule has 2 aromatic heterocycles. The molecule has 1 saturated heterocycles. The Labute approximate surface area is 186 Å². The minimum absolute atomic E-state index is 0.0916. The highest BCUT2D eigenvalue weighted by Gasteiger charge is 2.27. The van der Waals surface area contributed by atoms with Crippen LogP contribution in [0, 0.1) is 10.1 Å². The highest BCUT2D eigenvalue weighted by molar-refractivity contribution is 5.87. The van der Waals surface area contributed by atoms with E-state index in [1.165, 1.54) is 19.3 Å². The molecule has 3 heterocycles. The zero-order chi connectivity index (χ0) is 22.2. The average Bonchev–Trinajstić information content (AvgIpc) is 3.22. The van der Waals surface area contributed by atoms with Gasteiger partial charge in [-0.15, -0.1) is 0 Å². The number of benzene rings is 1. The van der Waals surface area contributed by atoms with E-state index in [4.69, 9.17) is 5.73 Å². The number of nitrogens with zero attached hydrogens (tertiary/aromatic N) is 5. The van der Waals surface area contributed by atoms with E-state index in [9.17, 15) is 15.2 Å². The third-order valence-electron chi connectivity index (χ3n) is 6.80. The molecule has 2 fully saturated rings. The molecule has 0 amide bonds. The van der Waals surface area contributed by atoms with Crippen LogP contribution in [0.2, 0.25) is 0 Å². The van der Waals surface area contributed by atoms with Crippen molar-refractivity contribution in [1.82, 2.24) is 14.5 Å². The highest BCUT2D eigenvalue weighted by atomic mass is 16.6. The number of aliphatic hydroxyl groups is 1. The Morgan fingerprint density at radius 1 is 1.09 bits per heavy atom. The summed E-state index contributed by atoms with van der Waals surface area (Å²) in [4.78, 5) is 22.7. The summed E-state index contributed by atoms with van der Waals surface area (Å²) in [5.41, 5.74) is 8.76. The zero-order valence-electron chi connectivity index (χ0n) is 18.0. The lowest BCUT2D eigenvalue weighted by Gasteiger charge is -2.30. The standard InChI is InChI=1S/C23H28N6O3/c24-18-13-21(27-10-8-17(30)9-11-27)26-22(23(18)29(31)32)15-6-7-20-19(12-15)25-14-28(20)16-4-2-1-3-5-16/h6-7,12-14,16-17,30H,1-5,8-11H2,(H2,24,26). The van der Waals surface area contributed by atoms with Crippen molar-refractivity contribution in [2.45, 2.75) is 57.1 Å². The first kappa shape index (κ1) is 20.7. The molecule has 2 aliphatic rings. The molecule has 9 nitrogen and oxygen atoms in total. The van der Waals surface area contributed by atoms with Crippen LogP contribution in [-0.2, 0) is 0 Å². The average molecular weight is 437 g/mol. The van der Waals surface area contributed by atoms with Crippen molar-refractivity contribution in [3.63, 3.8) is 0 Å². The lowest BCUT2D eigenvalue weighted by molar-refractivity contribution is -0.383. The van der Waals surface area contributed by atoms with Gasteiger partial charge in [-0.2, -0.15) is 0 Å². The summed E-state index contributed by atoms with van der Waals surface area (Å²) in [6.45, 7) is 1.27. The van der Waals surface area contributed by atoms with Crippen LogP contribution in [0.4, 0.5) is 17.2 Å². The number of anilines is 2. The number of nitrogens with two attached hydrogens (primary N) is 1. The lowest BCUT2D eigenvalue weighted by atomic mass is 9.95. The van der Waals surface area contributed by atoms with Gasteiger partial charge < -0.3 is 20.3 Å². The minimum atomic E-state index is -0.466. The second kappa shape index (κ2) is 8.38. The molecule has 9 heteroatoms. The fourth-order valence-electron chi connectivity index (χ4n) is 5.02. The van der Waals surface area contributed by atoms with E-state index < -0.39 is 4.92 Å². The minimum Gasteiger partial charge on any atom is -0.393 e. The van der Waals surface area contributed by atoms with Gasteiger partial charge in [0.25, 0.3) is 0 Å². The fourth-order valence-corrected chi connectivity index (χ4v) is 5.02. The predicted molar refractivity (Wildman–Crippen MR) is 124 cm³/mol. The van der Waals surface area contributed by atoms with Crippen LogP contribution in [0.25, 0.3) is 22.3 Å². The van der Waals surface area contributed by atoms with E-state index in [0.717, 1.165) is 23.9 Å². The Morgan fingerprint density at radius 2 is 1.84 bits per heavy atom. The number of rotatable bonds is 4. The number of nitrogen functional groups attached to an aromatic ring is 1. The van der Waals surface area contributed by atoms with E-state index in [-0.39, 0.29) is 23.2 Å². The molecule has 1 saturated carbocycles. The maximum Gasteiger partial charge on any atom is 0.318 e. The van der Waals surface area contributed by atoms with Crippen LogP contribution >= 0.6 is 0 Å². The molecule has 5 rings (SSSR count). The summed E-state index contributed by atoms with van der Waals surface area (Å²) in [5.74, 6) is 0.600. The molecule has 0 bridgehead atoms. The second-order valence-electron chi connectivity index (χ2n) is 8.89. The molecular weight excluding hydrogens is 408 g/mol. The number of aliphatic hydroxyl groups excluding tert-OH is 1. The molecule has 1 aromatic carbocycles. The number of aromatic nitrogens is 3. The van der Waals surface area contributed by atoms with Gasteiger partial charge >= 0.3 is 5.69 Å². The van der Waals surface area contributed by atoms with Gasteiger partial charge in [-0.1, -0.05) is 25.3 Å². The molecule has 1 aliphatic carbocycles. The van der Waals surface area contributed by atoms with Crippen molar-refractivity contribution in [2.24, 2.45) is 0 Å². The van der Waals surface area contributed by atoms with Crippen molar-refractivity contribution < 1.29 is 10.0 Å². The van der Waals surface area contributed by atoms with Crippen LogP contribution in [0.3, 0.4) is 0 Å². The van der Waals surface area contributed by atoms with E-state index in [0.29, 0.717) is 43.4 Å². The van der Waals surface area contributed by atoms with Crippen molar-refractivity contribution in [3.05, 3.63) is 40.7 Å². The monoisotopic (exact) mass is 436 g/mol. The first-order valence-corrected chi connectivity index (χ1v) is 11.4. The van der Waals surface area contributed by atoms with Crippen LogP contribution in [-0.4, -0.2) is 43.8 Å². The van der Waals surface area contributed by atoms with Gasteiger partial charge in [0, 0.05) is 30.8 Å². The van der Waals surface area contributed by atoms with Gasteiger partial charge in [0.1, 0.15) is 11.5 Å². The molecule has 3 aromatic rings. The van der Waals surface area contributed by atoms with Crippen molar-refractivity contribution in [2.75, 3.05) is 23.7 Å². The molecule has 0 spiro atoms. The normalized spacial score (nSPS) is 18.3. The molecule has 3 N–H and O–H groups in total. The molecular formula is C23H28N6O3. The van der Waals surface area contributed by atoms with Crippen molar-refractivity contribution >= 4 is 28.2 Å². The number of hydrogen-bond acceptors (Lipinski definition) is 7. The van der Waals surface area contributed by atoms with Gasteiger partial charge in [-0.05, 0) is 37.8 Å². The largest absolute Gasteiger partial charge is 0.393 e. The van der Waals surface area contributed by atoms with E-state index in [1.54, 1.807) is 6.07 Å². The van der Waals surface area contributed by atoms with E-state index in [1.807, 2.05) is 29.4 Å². The molecule has 168 valence electrons. The zero-order valence-corrected chi connectivity index (χ0v) is 18.0. The van der Waals surface area contributed by atoms with Crippen LogP contribution in [0.15, 0.2) is 30.6 Å². The van der Waals surface area contributed by atoms with Crippen molar-refractivity contribution in [1.29, 1.82) is 0 Å². The predicted octanol–water partition coefficient (Wildman–Crippen LogP) is 4.06. The number of hydrogen-bond donors (Lipinski definition) is 2. The lowest BCUT2D eigenvalue weighted by Crippen LogP contribution is -2.36. The highest BCUT2D eigenvalue weighted by Crippen LogP contribution is 2.38. The number of nitro groups is 1. The number of imidazole rings is 1. The van der Waals surface area contributed by atoms with Gasteiger partial charge in [0.2, 0.25) is 0 Å². The number of piperidine rings is 1. The molecule has 0 radical (unpaired) electrons. The fraction of sp³-hybridized carbons (Fsp3) is 0.478. The van der Waals surface area contributed by atoms with Gasteiger partial charge in [0.05, 0.1) is 28.4 Å². The Balaban J connectivity index is 1.55. The summed E-state index contributed by atoms with van der Waals surface area (Å²) in [7, 11) is 0. The Bertz CT molecular complexity index is 1150. The Hall–Kier alpha value is -3.20. The van der Waals surface area contributed by atoms with E-state index in [2.05, 4.69) is 14.5 Å². The topological polar surface area (TPSA) is 123 Å². The molecule has 32 heavy (non-hydrogen) atoms. The third kappa shape index (κ3) is 3.77. The van der Waals surface area contributed by atoms with Gasteiger partial charge in [0.15, 0.2) is 5.69 Å². The summed E-state index contributed by atoms with van der Waals surface area (Å²) in [5, 5.41) is 21.6. The Kier molecular flexibility index (Phi) is 5.42. The number of fused-ring (bicyclic) bond motifs is 1. The van der Waals surface area contributed by atoms with Crippen molar-refractivity contribution in [3.8, 4) is 11.3 Å². The molecule has 0 unspecified atom stereocenters.